The molecule has 0 fully saturated rings. The first-order chi connectivity index (χ1) is 34.1. The number of imidazole rings is 1. The fourth-order valence-corrected chi connectivity index (χ4v) is 8.51. The summed E-state index contributed by atoms with van der Waals surface area (Å²) in [5.41, 5.74) is 9.96. The Bertz CT molecular complexity index is 3490. The summed E-state index contributed by atoms with van der Waals surface area (Å²) >= 11 is 0. The fourth-order valence-electron chi connectivity index (χ4n) is 8.51. The third-order valence-corrected chi connectivity index (χ3v) is 12.1. The maximum absolute atomic E-state index is 12.4. The summed E-state index contributed by atoms with van der Waals surface area (Å²) in [7, 11) is 0. The van der Waals surface area contributed by atoms with E-state index in [2.05, 4.69) is 65.8 Å². The zero-order valence-corrected chi connectivity index (χ0v) is 39.2. The monoisotopic (exact) mass is 854 g/mol. The van der Waals surface area contributed by atoms with Gasteiger partial charge in [0.1, 0.15) is 11.6 Å². The molecule has 6 aromatic carbocycles. The number of rotatable bonds is 9. The van der Waals surface area contributed by atoms with Crippen molar-refractivity contribution in [3.63, 3.8) is 0 Å². The second-order valence-electron chi connectivity index (χ2n) is 19.6. The predicted molar refractivity (Wildman–Crippen MR) is 272 cm³/mol. The van der Waals surface area contributed by atoms with Crippen molar-refractivity contribution in [1.82, 2.24) is 14.5 Å². The molecule has 0 amide bonds. The average Bonchev–Trinajstić information content (AvgIpc) is 3.68. The van der Waals surface area contributed by atoms with Crippen LogP contribution < -0.4 is 0 Å². The summed E-state index contributed by atoms with van der Waals surface area (Å²) in [6.07, 6.45) is 1.54. The Morgan fingerprint density at radius 3 is 1.98 bits per heavy atom. The lowest BCUT2D eigenvalue weighted by atomic mass is 9.80. The largest absolute Gasteiger partial charge is 0.507 e. The van der Waals surface area contributed by atoms with E-state index in [0.717, 1.165) is 38.9 Å². The van der Waals surface area contributed by atoms with Crippen molar-refractivity contribution < 1.29 is 18.8 Å². The molecule has 4 heteroatoms. The molecule has 0 unspecified atom stereocenters. The SMILES string of the molecule is [2H]c1c([2H])c(C([2H])([2H])[2H])c([2H])c([2H])c1-c1ccnc(-c2cc(-c3cccc4c3nc(-c3cc(C([2H])(C)C)cc(C([2H])(C)C)c3O)n4-c3ccc(-c4ccccc4C(C)(C)C)c(C([2H])(C)C)c3)cc(C(C)(C)C)c2)c1. The zero-order valence-electron chi connectivity index (χ0n) is 49.2. The molecule has 0 radical (unpaired) electrons. The molecule has 2 aromatic heterocycles. The smallest absolute Gasteiger partial charge is 0.149 e. The van der Waals surface area contributed by atoms with Crippen LogP contribution in [0.15, 0.2) is 133 Å². The molecule has 1 N–H and O–H groups in total. The van der Waals surface area contributed by atoms with Gasteiger partial charge < -0.3 is 5.11 Å². The molecule has 0 aliphatic carbocycles. The highest BCUT2D eigenvalue weighted by Crippen LogP contribution is 2.45. The number of nitrogens with zero attached hydrogens (tertiary/aromatic N) is 3. The number of pyridine rings is 1. The Hall–Kier alpha value is -6.26. The van der Waals surface area contributed by atoms with E-state index >= 15 is 0 Å². The molecule has 0 spiro atoms. The Kier molecular flexibility index (Phi) is 8.86. The van der Waals surface area contributed by atoms with Gasteiger partial charge in [-0.05, 0) is 140 Å². The summed E-state index contributed by atoms with van der Waals surface area (Å²) in [5.74, 6) is -3.16. The third-order valence-electron chi connectivity index (χ3n) is 12.1. The van der Waals surface area contributed by atoms with Gasteiger partial charge in [0.25, 0.3) is 0 Å². The van der Waals surface area contributed by atoms with E-state index in [-0.39, 0.29) is 22.1 Å². The zero-order chi connectivity index (χ0) is 54.6. The lowest BCUT2D eigenvalue weighted by Crippen LogP contribution is -2.13. The minimum absolute atomic E-state index is 0.0341. The molecule has 0 aliphatic heterocycles. The number of benzene rings is 6. The standard InChI is InChI=1S/C60H65N3O/c1-36(2)42-32-51(38(5)6)57(64)52(33-42)58-62-56-47(43-29-44(31-45(30-43)59(8,9)10)54-34-41(27-28-61-54)40-23-21-39(7)22-24-40)18-16-20-55(56)63(58)46-25-26-48(50(35-46)37(3)4)49-17-14-15-19-53(49)60(11,12)13/h14-38,64H,1-13H3/i7D3,21D,22D,23D,24D,36D,37D,38D. The van der Waals surface area contributed by atoms with Crippen LogP contribution in [-0.4, -0.2) is 19.6 Å². The van der Waals surface area contributed by atoms with Gasteiger partial charge in [0, 0.05) is 31.2 Å². The van der Waals surface area contributed by atoms with E-state index in [1.54, 1.807) is 52.0 Å². The van der Waals surface area contributed by atoms with Crippen molar-refractivity contribution in [1.29, 1.82) is 0 Å². The Labute approximate surface area is 396 Å². The van der Waals surface area contributed by atoms with Gasteiger partial charge in [-0.25, -0.2) is 4.98 Å². The highest BCUT2D eigenvalue weighted by atomic mass is 16.3. The molecule has 0 saturated carbocycles. The topological polar surface area (TPSA) is 50.9 Å². The van der Waals surface area contributed by atoms with Crippen LogP contribution >= 0.6 is 0 Å². The number of hydrogen-bond acceptors (Lipinski definition) is 3. The van der Waals surface area contributed by atoms with Crippen LogP contribution in [0.5, 0.6) is 5.75 Å². The molecule has 4 nitrogen and oxygen atoms in total. The highest BCUT2D eigenvalue weighted by Gasteiger charge is 2.26. The molecule has 0 aliphatic rings. The molecular weight excluding hydrogens is 779 g/mol. The molecular formula is C60H65N3O. The van der Waals surface area contributed by atoms with Gasteiger partial charge in [-0.3, -0.25) is 9.55 Å². The second-order valence-corrected chi connectivity index (χ2v) is 19.6. The number of phenols is 1. The van der Waals surface area contributed by atoms with E-state index in [0.29, 0.717) is 56.1 Å². The van der Waals surface area contributed by atoms with E-state index in [4.69, 9.17) is 19.6 Å². The lowest BCUT2D eigenvalue weighted by molar-refractivity contribution is 0.466. The maximum atomic E-state index is 12.4. The highest BCUT2D eigenvalue weighted by molar-refractivity contribution is 5.97. The second kappa shape index (κ2) is 17.0. The molecule has 64 heavy (non-hydrogen) atoms. The number of para-hydroxylation sites is 1. The Morgan fingerprint density at radius 2 is 1.31 bits per heavy atom. The van der Waals surface area contributed by atoms with E-state index in [1.807, 2.05) is 73.0 Å². The van der Waals surface area contributed by atoms with Crippen molar-refractivity contribution in [2.24, 2.45) is 0 Å². The van der Waals surface area contributed by atoms with Crippen molar-refractivity contribution in [2.45, 2.75) is 118 Å². The van der Waals surface area contributed by atoms with Crippen molar-refractivity contribution in [3.8, 4) is 67.5 Å². The fraction of sp³-hybridized carbons (Fsp3) is 0.300. The molecule has 8 aromatic rings. The average molecular weight is 854 g/mol. The Balaban J connectivity index is 1.43. The molecule has 0 atom stereocenters. The lowest BCUT2D eigenvalue weighted by Gasteiger charge is -2.25. The van der Waals surface area contributed by atoms with Gasteiger partial charge in [0.2, 0.25) is 0 Å². The number of hydrogen-bond donors (Lipinski definition) is 1. The molecule has 2 heterocycles. The third kappa shape index (κ3) is 8.55. The van der Waals surface area contributed by atoms with Gasteiger partial charge in [-0.1, -0.05) is 167 Å². The maximum Gasteiger partial charge on any atom is 0.149 e. The van der Waals surface area contributed by atoms with Crippen LogP contribution in [0.2, 0.25) is 0 Å². The first kappa shape index (κ1) is 33.3. The minimum atomic E-state index is -2.85. The normalized spacial score (nSPS) is 15.2. The van der Waals surface area contributed by atoms with Crippen LogP contribution in [0.1, 0.15) is 148 Å². The van der Waals surface area contributed by atoms with Crippen LogP contribution in [0, 0.1) is 6.85 Å². The van der Waals surface area contributed by atoms with E-state index in [1.165, 1.54) is 6.20 Å². The summed E-state index contributed by atoms with van der Waals surface area (Å²) in [5, 5.41) is 12.4. The number of aromatic nitrogens is 3. The molecule has 0 bridgehead atoms. The van der Waals surface area contributed by atoms with Crippen LogP contribution in [0.25, 0.3) is 72.7 Å². The predicted octanol–water partition coefficient (Wildman–Crippen LogP) is 16.7. The van der Waals surface area contributed by atoms with Crippen LogP contribution in [0.3, 0.4) is 0 Å². The first-order valence-corrected chi connectivity index (χ1v) is 22.0. The minimum Gasteiger partial charge on any atom is -0.507 e. The van der Waals surface area contributed by atoms with Gasteiger partial charge in [0.05, 0.1) is 27.8 Å². The number of aromatic hydroxyl groups is 1. The number of phenolic OH excluding ortho intramolecular Hbond substituents is 1. The van der Waals surface area contributed by atoms with Gasteiger partial charge in [-0.2, -0.15) is 0 Å². The number of fused-ring (bicyclic) bond motifs is 1. The van der Waals surface area contributed by atoms with Crippen molar-refractivity contribution in [2.75, 3.05) is 0 Å². The summed E-state index contributed by atoms with van der Waals surface area (Å²) in [6.45, 7) is 20.8. The van der Waals surface area contributed by atoms with Crippen LogP contribution in [-0.2, 0) is 10.8 Å². The van der Waals surface area contributed by atoms with E-state index < -0.39 is 54.3 Å². The van der Waals surface area contributed by atoms with Crippen LogP contribution in [0.4, 0.5) is 0 Å². The summed E-state index contributed by atoms with van der Waals surface area (Å²) < 4.78 is 88.6. The van der Waals surface area contributed by atoms with Crippen molar-refractivity contribution in [3.05, 3.63) is 167 Å². The Morgan fingerprint density at radius 1 is 0.609 bits per heavy atom. The molecule has 0 saturated heterocycles. The van der Waals surface area contributed by atoms with Crippen molar-refractivity contribution >= 4 is 11.0 Å². The first-order valence-electron chi connectivity index (χ1n) is 27.0. The van der Waals surface area contributed by atoms with Gasteiger partial charge >= 0.3 is 0 Å². The van der Waals surface area contributed by atoms with E-state index in [9.17, 15) is 9.22 Å². The quantitative estimate of drug-likeness (QED) is 0.157. The molecule has 326 valence electrons. The summed E-state index contributed by atoms with van der Waals surface area (Å²) in [6, 6.07) is 31.2. The van der Waals surface area contributed by atoms with Gasteiger partial charge in [-0.15, -0.1) is 0 Å². The summed E-state index contributed by atoms with van der Waals surface area (Å²) in [4.78, 5) is 10.2. The van der Waals surface area contributed by atoms with Gasteiger partial charge in [0.15, 0.2) is 0 Å². The molecule has 8 rings (SSSR count).